The normalized spacial score (nSPS) is 10.1. The van der Waals surface area contributed by atoms with Gasteiger partial charge in [-0.05, 0) is 24.6 Å². The fraction of sp³-hybridized carbons (Fsp3) is 0.231. The largest absolute Gasteiger partial charge is 0.308 e. The van der Waals surface area contributed by atoms with Gasteiger partial charge in [0.15, 0.2) is 0 Å². The molecular weight excluding hydrogens is 212 g/mol. The lowest BCUT2D eigenvalue weighted by molar-refractivity contribution is 0.691. The summed E-state index contributed by atoms with van der Waals surface area (Å²) in [6.07, 6.45) is 1.83. The van der Waals surface area contributed by atoms with Gasteiger partial charge in [0.1, 0.15) is 0 Å². The lowest BCUT2D eigenvalue weighted by Gasteiger charge is -2.04. The zero-order chi connectivity index (χ0) is 12.1. The molecule has 0 saturated heterocycles. The Balaban J connectivity index is 1.86. The Hall–Kier alpha value is -2.12. The Labute approximate surface area is 100 Å². The third kappa shape index (κ3) is 2.92. The van der Waals surface area contributed by atoms with E-state index in [1.54, 1.807) is 0 Å². The van der Waals surface area contributed by atoms with Crippen LogP contribution in [0.2, 0.25) is 0 Å². The van der Waals surface area contributed by atoms with E-state index in [1.165, 1.54) is 11.1 Å². The van der Waals surface area contributed by atoms with Gasteiger partial charge >= 0.3 is 0 Å². The Kier molecular flexibility index (Phi) is 3.53. The summed E-state index contributed by atoms with van der Waals surface area (Å²) in [6.45, 7) is 3.59. The molecule has 0 aliphatic heterocycles. The molecule has 17 heavy (non-hydrogen) atoms. The van der Waals surface area contributed by atoms with Gasteiger partial charge in [-0.15, -0.1) is 0 Å². The standard InChI is InChI=1S/C13H14N4/c1-10-13(9-16-17-10)8-15-7-12-4-2-11(6-14)3-5-12/h2-5,9,15H,7-8H2,1H3,(H,16,17). The number of nitrogens with zero attached hydrogens (tertiary/aromatic N) is 2. The van der Waals surface area contributed by atoms with Gasteiger partial charge in [-0.2, -0.15) is 10.4 Å². The summed E-state index contributed by atoms with van der Waals surface area (Å²) in [4.78, 5) is 0. The highest BCUT2D eigenvalue weighted by Crippen LogP contribution is 2.05. The van der Waals surface area contributed by atoms with Crippen LogP contribution in [-0.4, -0.2) is 10.2 Å². The van der Waals surface area contributed by atoms with Gasteiger partial charge in [-0.1, -0.05) is 12.1 Å². The van der Waals surface area contributed by atoms with Crippen molar-refractivity contribution in [2.75, 3.05) is 0 Å². The molecule has 1 heterocycles. The van der Waals surface area contributed by atoms with Crippen molar-refractivity contribution in [3.05, 3.63) is 52.8 Å². The van der Waals surface area contributed by atoms with E-state index < -0.39 is 0 Å². The molecule has 0 atom stereocenters. The maximum atomic E-state index is 8.68. The van der Waals surface area contributed by atoms with Crippen molar-refractivity contribution in [1.29, 1.82) is 5.26 Å². The van der Waals surface area contributed by atoms with Crippen LogP contribution in [0.5, 0.6) is 0 Å². The average molecular weight is 226 g/mol. The van der Waals surface area contributed by atoms with E-state index in [-0.39, 0.29) is 0 Å². The molecule has 0 unspecified atom stereocenters. The highest BCUT2D eigenvalue weighted by molar-refractivity contribution is 5.31. The van der Waals surface area contributed by atoms with Crippen LogP contribution in [0.1, 0.15) is 22.4 Å². The molecule has 2 rings (SSSR count). The zero-order valence-corrected chi connectivity index (χ0v) is 9.70. The molecule has 4 heteroatoms. The predicted octanol–water partition coefficient (Wildman–Crippen LogP) is 1.88. The van der Waals surface area contributed by atoms with Crippen LogP contribution in [0.15, 0.2) is 30.5 Å². The molecule has 0 saturated carbocycles. The number of aromatic nitrogens is 2. The van der Waals surface area contributed by atoms with E-state index in [4.69, 9.17) is 5.26 Å². The monoisotopic (exact) mass is 226 g/mol. The van der Waals surface area contributed by atoms with E-state index in [2.05, 4.69) is 21.6 Å². The van der Waals surface area contributed by atoms with Crippen molar-refractivity contribution in [3.63, 3.8) is 0 Å². The van der Waals surface area contributed by atoms with Crippen molar-refractivity contribution >= 4 is 0 Å². The van der Waals surface area contributed by atoms with Crippen LogP contribution in [0.25, 0.3) is 0 Å². The SMILES string of the molecule is Cc1[nH]ncc1CNCc1ccc(C#N)cc1. The first-order chi connectivity index (χ1) is 8.29. The van der Waals surface area contributed by atoms with E-state index in [0.29, 0.717) is 5.56 Å². The summed E-state index contributed by atoms with van der Waals surface area (Å²) in [6, 6.07) is 9.71. The van der Waals surface area contributed by atoms with Crippen LogP contribution >= 0.6 is 0 Å². The molecule has 0 bridgehead atoms. The lowest BCUT2D eigenvalue weighted by atomic mass is 10.1. The van der Waals surface area contributed by atoms with Gasteiger partial charge in [0.05, 0.1) is 17.8 Å². The highest BCUT2D eigenvalue weighted by atomic mass is 15.1. The second-order valence-corrected chi connectivity index (χ2v) is 3.93. The molecule has 0 aliphatic rings. The second kappa shape index (κ2) is 5.28. The molecule has 0 fully saturated rings. The van der Waals surface area contributed by atoms with Gasteiger partial charge in [0.2, 0.25) is 0 Å². The predicted molar refractivity (Wildman–Crippen MR) is 65.0 cm³/mol. The number of benzene rings is 1. The van der Waals surface area contributed by atoms with E-state index in [0.717, 1.165) is 18.8 Å². The van der Waals surface area contributed by atoms with Crippen LogP contribution in [0, 0.1) is 18.3 Å². The summed E-state index contributed by atoms with van der Waals surface area (Å²) in [7, 11) is 0. The summed E-state index contributed by atoms with van der Waals surface area (Å²) in [5.74, 6) is 0. The molecule has 0 spiro atoms. The maximum Gasteiger partial charge on any atom is 0.0991 e. The minimum absolute atomic E-state index is 0.694. The Morgan fingerprint density at radius 3 is 2.65 bits per heavy atom. The van der Waals surface area contributed by atoms with Crippen molar-refractivity contribution in [2.24, 2.45) is 0 Å². The molecule has 2 aromatic rings. The lowest BCUT2D eigenvalue weighted by Crippen LogP contribution is -2.12. The van der Waals surface area contributed by atoms with Gasteiger partial charge in [-0.25, -0.2) is 0 Å². The quantitative estimate of drug-likeness (QED) is 0.836. The van der Waals surface area contributed by atoms with Crippen LogP contribution in [-0.2, 0) is 13.1 Å². The Bertz CT molecular complexity index is 519. The molecular formula is C13H14N4. The van der Waals surface area contributed by atoms with Crippen LogP contribution in [0.3, 0.4) is 0 Å². The first-order valence-electron chi connectivity index (χ1n) is 5.48. The number of nitrogens with one attached hydrogen (secondary N) is 2. The number of hydrogen-bond donors (Lipinski definition) is 2. The summed E-state index contributed by atoms with van der Waals surface area (Å²) in [5, 5.41) is 18.9. The van der Waals surface area contributed by atoms with Crippen molar-refractivity contribution < 1.29 is 0 Å². The number of rotatable bonds is 4. The summed E-state index contributed by atoms with van der Waals surface area (Å²) >= 11 is 0. The molecule has 0 amide bonds. The van der Waals surface area contributed by atoms with Gasteiger partial charge in [0, 0.05) is 24.3 Å². The Morgan fingerprint density at radius 2 is 2.06 bits per heavy atom. The molecule has 2 N–H and O–H groups in total. The van der Waals surface area contributed by atoms with Gasteiger partial charge in [-0.3, -0.25) is 5.10 Å². The molecule has 4 nitrogen and oxygen atoms in total. The fourth-order valence-corrected chi connectivity index (χ4v) is 1.59. The van der Waals surface area contributed by atoms with Crippen LogP contribution in [0.4, 0.5) is 0 Å². The minimum Gasteiger partial charge on any atom is -0.308 e. The molecule has 0 aliphatic carbocycles. The van der Waals surface area contributed by atoms with Gasteiger partial charge < -0.3 is 5.32 Å². The van der Waals surface area contributed by atoms with Gasteiger partial charge in [0.25, 0.3) is 0 Å². The number of nitriles is 1. The number of aromatic amines is 1. The third-order valence-electron chi connectivity index (χ3n) is 2.66. The van der Waals surface area contributed by atoms with E-state index in [9.17, 15) is 0 Å². The van der Waals surface area contributed by atoms with E-state index in [1.807, 2.05) is 37.4 Å². The fourth-order valence-electron chi connectivity index (χ4n) is 1.59. The van der Waals surface area contributed by atoms with Crippen molar-refractivity contribution in [1.82, 2.24) is 15.5 Å². The van der Waals surface area contributed by atoms with Crippen molar-refractivity contribution in [2.45, 2.75) is 20.0 Å². The second-order valence-electron chi connectivity index (χ2n) is 3.93. The molecule has 0 radical (unpaired) electrons. The summed E-state index contributed by atoms with van der Waals surface area (Å²) < 4.78 is 0. The zero-order valence-electron chi connectivity index (χ0n) is 9.70. The highest BCUT2D eigenvalue weighted by Gasteiger charge is 1.99. The first kappa shape index (κ1) is 11.4. The molecule has 1 aromatic heterocycles. The Morgan fingerprint density at radius 1 is 1.29 bits per heavy atom. The van der Waals surface area contributed by atoms with Crippen LogP contribution < -0.4 is 5.32 Å². The number of H-pyrrole nitrogens is 1. The first-order valence-corrected chi connectivity index (χ1v) is 5.48. The third-order valence-corrected chi connectivity index (χ3v) is 2.66. The minimum atomic E-state index is 0.694. The maximum absolute atomic E-state index is 8.68. The topological polar surface area (TPSA) is 64.5 Å². The van der Waals surface area contributed by atoms with Crippen molar-refractivity contribution in [3.8, 4) is 6.07 Å². The molecule has 86 valence electrons. The van der Waals surface area contributed by atoms with E-state index >= 15 is 0 Å². The number of aryl methyl sites for hydroxylation is 1. The smallest absolute Gasteiger partial charge is 0.0991 e. The molecule has 1 aromatic carbocycles. The average Bonchev–Trinajstić information content (AvgIpc) is 2.76. The summed E-state index contributed by atoms with van der Waals surface area (Å²) in [5.41, 5.74) is 4.14. The number of hydrogen-bond acceptors (Lipinski definition) is 3.